The summed E-state index contributed by atoms with van der Waals surface area (Å²) < 4.78 is 0.595. The molecular formula is C12H10N2O4S2. The van der Waals surface area contributed by atoms with E-state index < -0.39 is 10.9 Å². The third-order valence-corrected chi connectivity index (χ3v) is 4.85. The lowest BCUT2D eigenvalue weighted by atomic mass is 10.2. The molecular weight excluding hydrogens is 300 g/mol. The van der Waals surface area contributed by atoms with Crippen molar-refractivity contribution < 1.29 is 14.8 Å². The average Bonchev–Trinajstić information content (AvgIpc) is 2.78. The van der Waals surface area contributed by atoms with Crippen molar-refractivity contribution in [1.29, 1.82) is 0 Å². The van der Waals surface area contributed by atoms with E-state index in [1.807, 2.05) is 0 Å². The molecule has 1 heterocycles. The first kappa shape index (κ1) is 14.5. The summed E-state index contributed by atoms with van der Waals surface area (Å²) in [6.07, 6.45) is 0. The first-order valence-corrected chi connectivity index (χ1v) is 7.35. The first-order valence-electron chi connectivity index (χ1n) is 5.55. The molecule has 0 unspecified atom stereocenters. The van der Waals surface area contributed by atoms with Crippen LogP contribution in [0.1, 0.15) is 20.9 Å². The number of aryl methyl sites for hydroxylation is 1. The number of para-hydroxylation sites is 1. The topological polar surface area (TPSA) is 93.3 Å². The fourth-order valence-corrected chi connectivity index (χ4v) is 3.61. The average molecular weight is 310 g/mol. The summed E-state index contributed by atoms with van der Waals surface area (Å²) >= 11 is 2.38. The molecule has 0 aliphatic rings. The van der Waals surface area contributed by atoms with Gasteiger partial charge in [-0.1, -0.05) is 30.0 Å². The van der Waals surface area contributed by atoms with Gasteiger partial charge in [0.05, 0.1) is 10.6 Å². The number of carbonyl (C=O) groups is 1. The van der Waals surface area contributed by atoms with Gasteiger partial charge in [0.1, 0.15) is 4.88 Å². The number of carboxylic acid groups (broad SMARTS) is 1. The van der Waals surface area contributed by atoms with Crippen LogP contribution in [0.25, 0.3) is 0 Å². The van der Waals surface area contributed by atoms with Gasteiger partial charge >= 0.3 is 5.97 Å². The maximum atomic E-state index is 10.9. The van der Waals surface area contributed by atoms with Crippen molar-refractivity contribution in [1.82, 2.24) is 4.98 Å². The molecule has 1 aromatic heterocycles. The van der Waals surface area contributed by atoms with Gasteiger partial charge in [-0.2, -0.15) is 0 Å². The van der Waals surface area contributed by atoms with Crippen LogP contribution in [0, 0.1) is 17.0 Å². The van der Waals surface area contributed by atoms with Crippen LogP contribution >= 0.6 is 23.1 Å². The van der Waals surface area contributed by atoms with Crippen molar-refractivity contribution in [2.45, 2.75) is 17.0 Å². The molecule has 0 spiro atoms. The van der Waals surface area contributed by atoms with Crippen LogP contribution < -0.4 is 0 Å². The fraction of sp³-hybridized carbons (Fsp3) is 0.167. The van der Waals surface area contributed by atoms with E-state index in [-0.39, 0.29) is 10.6 Å². The molecule has 6 nitrogen and oxygen atoms in total. The van der Waals surface area contributed by atoms with Crippen LogP contribution in [0.15, 0.2) is 28.6 Å². The highest BCUT2D eigenvalue weighted by atomic mass is 32.2. The predicted octanol–water partition coefficient (Wildman–Crippen LogP) is 3.35. The summed E-state index contributed by atoms with van der Waals surface area (Å²) in [5, 5.41) is 19.8. The van der Waals surface area contributed by atoms with E-state index in [2.05, 4.69) is 4.98 Å². The maximum Gasteiger partial charge on any atom is 0.347 e. The second-order valence-electron chi connectivity index (χ2n) is 3.87. The molecule has 0 saturated carbocycles. The highest BCUT2D eigenvalue weighted by Gasteiger charge is 2.16. The highest BCUT2D eigenvalue weighted by Crippen LogP contribution is 2.31. The van der Waals surface area contributed by atoms with Crippen molar-refractivity contribution in [3.8, 4) is 0 Å². The van der Waals surface area contributed by atoms with E-state index in [1.165, 1.54) is 17.8 Å². The highest BCUT2D eigenvalue weighted by molar-refractivity contribution is 8.00. The minimum Gasteiger partial charge on any atom is -0.477 e. The van der Waals surface area contributed by atoms with Crippen LogP contribution in [-0.4, -0.2) is 21.0 Å². The monoisotopic (exact) mass is 310 g/mol. The molecule has 1 N–H and O–H groups in total. The van der Waals surface area contributed by atoms with Gasteiger partial charge < -0.3 is 5.11 Å². The lowest BCUT2D eigenvalue weighted by Gasteiger charge is -2.00. The number of aromatic carboxylic acids is 1. The molecule has 1 aromatic carbocycles. The minimum absolute atomic E-state index is 0.0618. The Morgan fingerprint density at radius 2 is 2.20 bits per heavy atom. The Labute approximate surface area is 122 Å². The molecule has 0 aliphatic carbocycles. The Morgan fingerprint density at radius 3 is 2.80 bits per heavy atom. The van der Waals surface area contributed by atoms with Gasteiger partial charge in [-0.25, -0.2) is 9.78 Å². The second kappa shape index (κ2) is 6.02. The molecule has 0 atom stereocenters. The predicted molar refractivity (Wildman–Crippen MR) is 76.5 cm³/mol. The Kier molecular flexibility index (Phi) is 4.35. The van der Waals surface area contributed by atoms with Crippen LogP contribution in [0.5, 0.6) is 0 Å². The number of aromatic nitrogens is 1. The molecule has 2 aromatic rings. The Morgan fingerprint density at radius 1 is 1.50 bits per heavy atom. The first-order chi connectivity index (χ1) is 9.49. The van der Waals surface area contributed by atoms with Crippen LogP contribution in [0.3, 0.4) is 0 Å². The van der Waals surface area contributed by atoms with Gasteiger partial charge in [0.15, 0.2) is 4.34 Å². The summed E-state index contributed by atoms with van der Waals surface area (Å²) in [6.45, 7) is 1.63. The molecule has 0 aliphatic heterocycles. The zero-order chi connectivity index (χ0) is 14.7. The lowest BCUT2D eigenvalue weighted by molar-refractivity contribution is -0.385. The number of nitrogens with zero attached hydrogens (tertiary/aromatic N) is 2. The van der Waals surface area contributed by atoms with Crippen LogP contribution in [0.4, 0.5) is 5.69 Å². The quantitative estimate of drug-likeness (QED) is 0.517. The normalized spacial score (nSPS) is 10.4. The summed E-state index contributed by atoms with van der Waals surface area (Å²) in [7, 11) is 0. The van der Waals surface area contributed by atoms with Crippen molar-refractivity contribution in [3.05, 3.63) is 50.5 Å². The zero-order valence-electron chi connectivity index (χ0n) is 10.4. The van der Waals surface area contributed by atoms with Crippen LogP contribution in [0.2, 0.25) is 0 Å². The van der Waals surface area contributed by atoms with Gasteiger partial charge in [-0.3, -0.25) is 10.1 Å². The van der Waals surface area contributed by atoms with E-state index in [4.69, 9.17) is 5.11 Å². The van der Waals surface area contributed by atoms with Crippen LogP contribution in [-0.2, 0) is 5.75 Å². The molecule has 0 bridgehead atoms. The Balaban J connectivity index is 2.15. The fourth-order valence-electron chi connectivity index (χ4n) is 1.58. The van der Waals surface area contributed by atoms with Gasteiger partial charge in [-0.15, -0.1) is 11.3 Å². The summed E-state index contributed by atoms with van der Waals surface area (Å²) in [6, 6.07) is 6.48. The molecule has 8 heteroatoms. The number of nitro benzene ring substituents is 1. The zero-order valence-corrected chi connectivity index (χ0v) is 12.0. The molecule has 104 valence electrons. The van der Waals surface area contributed by atoms with Gasteiger partial charge in [0.25, 0.3) is 5.69 Å². The summed E-state index contributed by atoms with van der Waals surface area (Å²) in [4.78, 5) is 25.7. The van der Waals surface area contributed by atoms with Crippen molar-refractivity contribution in [2.75, 3.05) is 0 Å². The third kappa shape index (κ3) is 3.14. The summed E-state index contributed by atoms with van der Waals surface area (Å²) in [5.74, 6) is -0.624. The maximum absolute atomic E-state index is 10.9. The Hall–Kier alpha value is -1.93. The number of thioether (sulfide) groups is 1. The Bertz CT molecular complexity index is 669. The van der Waals surface area contributed by atoms with E-state index in [1.54, 1.807) is 25.1 Å². The van der Waals surface area contributed by atoms with E-state index in [9.17, 15) is 14.9 Å². The number of rotatable bonds is 5. The van der Waals surface area contributed by atoms with E-state index in [0.29, 0.717) is 21.3 Å². The van der Waals surface area contributed by atoms with Crippen molar-refractivity contribution in [2.24, 2.45) is 0 Å². The molecule has 2 rings (SSSR count). The molecule has 0 amide bonds. The number of benzene rings is 1. The third-order valence-electron chi connectivity index (χ3n) is 2.51. The van der Waals surface area contributed by atoms with Crippen molar-refractivity contribution >= 4 is 34.8 Å². The molecule has 0 radical (unpaired) electrons. The van der Waals surface area contributed by atoms with Gasteiger partial charge in [0, 0.05) is 17.4 Å². The summed E-state index contributed by atoms with van der Waals surface area (Å²) in [5.41, 5.74) is 1.12. The standard InChI is InChI=1S/C12H10N2O4S2/c1-7-10(11(15)16)20-12(13-7)19-6-8-4-2-3-5-9(8)14(17)18/h2-5H,6H2,1H3,(H,15,16). The SMILES string of the molecule is Cc1nc(SCc2ccccc2[N+](=O)[O-])sc1C(=O)O. The van der Waals surface area contributed by atoms with Gasteiger partial charge in [0.2, 0.25) is 0 Å². The number of hydrogen-bond donors (Lipinski definition) is 1. The number of carboxylic acids is 1. The molecule has 20 heavy (non-hydrogen) atoms. The largest absolute Gasteiger partial charge is 0.477 e. The van der Waals surface area contributed by atoms with Gasteiger partial charge in [-0.05, 0) is 6.92 Å². The minimum atomic E-state index is -1.00. The number of hydrogen-bond acceptors (Lipinski definition) is 6. The second-order valence-corrected chi connectivity index (χ2v) is 6.10. The number of thiazole rings is 1. The van der Waals surface area contributed by atoms with E-state index in [0.717, 1.165) is 11.3 Å². The van der Waals surface area contributed by atoms with Crippen molar-refractivity contribution in [3.63, 3.8) is 0 Å². The number of nitro groups is 1. The smallest absolute Gasteiger partial charge is 0.347 e. The lowest BCUT2D eigenvalue weighted by Crippen LogP contribution is -1.94. The molecule has 0 fully saturated rings. The van der Waals surface area contributed by atoms with E-state index >= 15 is 0 Å². The molecule has 0 saturated heterocycles.